The van der Waals surface area contributed by atoms with E-state index in [1.165, 1.54) is 0 Å². The molecule has 0 saturated carbocycles. The van der Waals surface area contributed by atoms with Crippen LogP contribution in [0.25, 0.3) is 0 Å². The van der Waals surface area contributed by atoms with Gasteiger partial charge < -0.3 is 14.4 Å². The number of halogens is 3. The standard InChI is InChI=1S/C22H27Br3N2O3/c1-26(2)19(11-14-6-7-20(29-4)17(24)10-14)22(28)27(3)9-8-15-12-21(30-5)18(25)13-16(15)23/h6-7,10,12-13,19H,8-9,11H2,1-5H3. The van der Waals surface area contributed by atoms with E-state index in [4.69, 9.17) is 9.47 Å². The highest BCUT2D eigenvalue weighted by Crippen LogP contribution is 2.32. The lowest BCUT2D eigenvalue weighted by Gasteiger charge is -2.28. The number of hydrogen-bond acceptors (Lipinski definition) is 4. The zero-order chi connectivity index (χ0) is 22.4. The first-order valence-corrected chi connectivity index (χ1v) is 11.8. The van der Waals surface area contributed by atoms with E-state index >= 15 is 0 Å². The molecule has 5 nitrogen and oxygen atoms in total. The van der Waals surface area contributed by atoms with E-state index in [0.29, 0.717) is 13.0 Å². The fourth-order valence-electron chi connectivity index (χ4n) is 3.12. The molecule has 0 spiro atoms. The second-order valence-electron chi connectivity index (χ2n) is 7.24. The molecule has 1 unspecified atom stereocenters. The van der Waals surface area contributed by atoms with Gasteiger partial charge in [-0.15, -0.1) is 0 Å². The molecule has 0 aliphatic carbocycles. The Morgan fingerprint density at radius 2 is 1.57 bits per heavy atom. The Morgan fingerprint density at radius 3 is 2.13 bits per heavy atom. The van der Waals surface area contributed by atoms with Gasteiger partial charge >= 0.3 is 0 Å². The number of carbonyl (C=O) groups is 1. The lowest BCUT2D eigenvalue weighted by molar-refractivity contribution is -0.134. The van der Waals surface area contributed by atoms with Crippen LogP contribution in [0.2, 0.25) is 0 Å². The average Bonchev–Trinajstić information content (AvgIpc) is 2.70. The zero-order valence-electron chi connectivity index (χ0n) is 17.8. The van der Waals surface area contributed by atoms with Gasteiger partial charge in [-0.1, -0.05) is 22.0 Å². The lowest BCUT2D eigenvalue weighted by Crippen LogP contribution is -2.46. The van der Waals surface area contributed by atoms with Gasteiger partial charge in [0.25, 0.3) is 0 Å². The van der Waals surface area contributed by atoms with Crippen molar-refractivity contribution in [3.8, 4) is 11.5 Å². The van der Waals surface area contributed by atoms with Crippen LogP contribution in [0, 0.1) is 0 Å². The Hall–Kier alpha value is -1.09. The molecule has 8 heteroatoms. The van der Waals surface area contributed by atoms with Crippen molar-refractivity contribution in [2.24, 2.45) is 0 Å². The Kier molecular flexibility index (Phi) is 9.66. The van der Waals surface area contributed by atoms with Crippen LogP contribution >= 0.6 is 47.8 Å². The van der Waals surface area contributed by atoms with Gasteiger partial charge in [-0.3, -0.25) is 9.69 Å². The highest BCUT2D eigenvalue weighted by molar-refractivity contribution is 9.11. The van der Waals surface area contributed by atoms with Crippen LogP contribution in [0.1, 0.15) is 11.1 Å². The van der Waals surface area contributed by atoms with Crippen LogP contribution in [0.4, 0.5) is 0 Å². The van der Waals surface area contributed by atoms with Gasteiger partial charge in [-0.25, -0.2) is 0 Å². The minimum atomic E-state index is -0.252. The van der Waals surface area contributed by atoms with Crippen molar-refractivity contribution in [2.75, 3.05) is 41.9 Å². The van der Waals surface area contributed by atoms with E-state index in [-0.39, 0.29) is 11.9 Å². The molecule has 1 amide bonds. The Morgan fingerprint density at radius 1 is 0.933 bits per heavy atom. The van der Waals surface area contributed by atoms with Gasteiger partial charge in [0.1, 0.15) is 11.5 Å². The number of hydrogen-bond donors (Lipinski definition) is 0. The second-order valence-corrected chi connectivity index (χ2v) is 9.80. The van der Waals surface area contributed by atoms with E-state index in [9.17, 15) is 4.79 Å². The molecule has 0 N–H and O–H groups in total. The van der Waals surface area contributed by atoms with Crippen molar-refractivity contribution >= 4 is 53.7 Å². The second kappa shape index (κ2) is 11.5. The SMILES string of the molecule is COc1ccc(CC(C(=O)N(C)CCc2cc(OC)c(Br)cc2Br)N(C)C)cc1Br. The topological polar surface area (TPSA) is 42.0 Å². The summed E-state index contributed by atoms with van der Waals surface area (Å²) in [5, 5.41) is 0. The van der Waals surface area contributed by atoms with E-state index in [0.717, 1.165) is 42.5 Å². The molecule has 0 saturated heterocycles. The van der Waals surface area contributed by atoms with Crippen LogP contribution in [0.15, 0.2) is 43.7 Å². The molecule has 0 heterocycles. The van der Waals surface area contributed by atoms with E-state index < -0.39 is 0 Å². The molecule has 0 aliphatic rings. The van der Waals surface area contributed by atoms with Gasteiger partial charge in [-0.2, -0.15) is 0 Å². The number of amides is 1. The highest BCUT2D eigenvalue weighted by atomic mass is 79.9. The first-order chi connectivity index (χ1) is 14.2. The van der Waals surface area contributed by atoms with E-state index in [1.807, 2.05) is 56.4 Å². The van der Waals surface area contributed by atoms with Crippen LogP contribution in [0.5, 0.6) is 11.5 Å². The molecule has 0 radical (unpaired) electrons. The molecule has 2 aromatic carbocycles. The fourth-order valence-corrected chi connectivity index (χ4v) is 5.06. The third kappa shape index (κ3) is 6.45. The number of nitrogens with zero attached hydrogens (tertiary/aromatic N) is 2. The highest BCUT2D eigenvalue weighted by Gasteiger charge is 2.25. The monoisotopic (exact) mass is 604 g/mol. The fraction of sp³-hybridized carbons (Fsp3) is 0.409. The zero-order valence-corrected chi connectivity index (χ0v) is 22.6. The predicted molar refractivity (Wildman–Crippen MR) is 132 cm³/mol. The lowest BCUT2D eigenvalue weighted by atomic mass is 10.0. The maximum Gasteiger partial charge on any atom is 0.240 e. The van der Waals surface area contributed by atoms with Gasteiger partial charge in [-0.05, 0) is 94.2 Å². The molecular formula is C22H27Br3N2O3. The van der Waals surface area contributed by atoms with Crippen LogP contribution in [-0.4, -0.2) is 63.7 Å². The molecule has 2 rings (SSSR count). The third-order valence-electron chi connectivity index (χ3n) is 4.97. The Bertz CT molecular complexity index is 890. The summed E-state index contributed by atoms with van der Waals surface area (Å²) in [6, 6.07) is 9.63. The van der Waals surface area contributed by atoms with Gasteiger partial charge in [0.2, 0.25) is 5.91 Å². The summed E-state index contributed by atoms with van der Waals surface area (Å²) < 4.78 is 13.5. The number of ether oxygens (including phenoxy) is 2. The molecule has 30 heavy (non-hydrogen) atoms. The Balaban J connectivity index is 2.09. The van der Waals surface area contributed by atoms with Gasteiger partial charge in [0.05, 0.1) is 29.2 Å². The van der Waals surface area contributed by atoms with Gasteiger partial charge in [0.15, 0.2) is 0 Å². The number of carbonyl (C=O) groups excluding carboxylic acids is 1. The normalized spacial score (nSPS) is 12.0. The maximum atomic E-state index is 13.2. The summed E-state index contributed by atoms with van der Waals surface area (Å²) in [5.41, 5.74) is 2.17. The minimum Gasteiger partial charge on any atom is -0.496 e. The quantitative estimate of drug-likeness (QED) is 0.395. The smallest absolute Gasteiger partial charge is 0.240 e. The maximum absolute atomic E-state index is 13.2. The molecule has 0 aromatic heterocycles. The first-order valence-electron chi connectivity index (χ1n) is 9.43. The van der Waals surface area contributed by atoms with Crippen LogP contribution < -0.4 is 9.47 Å². The Labute approximate surface area is 204 Å². The molecule has 0 bridgehead atoms. The van der Waals surface area contributed by atoms with Crippen molar-refractivity contribution in [1.82, 2.24) is 9.80 Å². The molecule has 1 atom stereocenters. The summed E-state index contributed by atoms with van der Waals surface area (Å²) in [6.45, 7) is 0.610. The van der Waals surface area contributed by atoms with Crippen LogP contribution in [0.3, 0.4) is 0 Å². The molecule has 0 aliphatic heterocycles. The number of rotatable bonds is 9. The van der Waals surface area contributed by atoms with Crippen molar-refractivity contribution in [1.29, 1.82) is 0 Å². The summed E-state index contributed by atoms with van der Waals surface area (Å²) in [7, 11) is 9.01. The molecule has 2 aromatic rings. The number of methoxy groups -OCH3 is 2. The third-order valence-corrected chi connectivity index (χ3v) is 6.94. The molecule has 0 fully saturated rings. The van der Waals surface area contributed by atoms with Crippen molar-refractivity contribution in [3.63, 3.8) is 0 Å². The van der Waals surface area contributed by atoms with Crippen molar-refractivity contribution < 1.29 is 14.3 Å². The number of likely N-dealkylation sites (N-methyl/N-ethyl adjacent to an activating group) is 2. The molecular weight excluding hydrogens is 580 g/mol. The van der Waals surface area contributed by atoms with Gasteiger partial charge in [0, 0.05) is 18.1 Å². The summed E-state index contributed by atoms with van der Waals surface area (Å²) >= 11 is 10.6. The van der Waals surface area contributed by atoms with E-state index in [1.54, 1.807) is 19.1 Å². The summed E-state index contributed by atoms with van der Waals surface area (Å²) in [5.74, 6) is 1.64. The first kappa shape index (κ1) is 25.2. The van der Waals surface area contributed by atoms with E-state index in [2.05, 4.69) is 47.8 Å². The minimum absolute atomic E-state index is 0.0899. The summed E-state index contributed by atoms with van der Waals surface area (Å²) in [6.07, 6.45) is 1.34. The average molecular weight is 607 g/mol. The van der Waals surface area contributed by atoms with Crippen molar-refractivity contribution in [2.45, 2.75) is 18.9 Å². The van der Waals surface area contributed by atoms with Crippen LogP contribution in [-0.2, 0) is 17.6 Å². The number of benzene rings is 2. The predicted octanol–water partition coefficient (Wildman–Crippen LogP) is 5.17. The molecule has 164 valence electrons. The summed E-state index contributed by atoms with van der Waals surface area (Å²) in [4.78, 5) is 16.9. The largest absolute Gasteiger partial charge is 0.496 e. The van der Waals surface area contributed by atoms with Crippen molar-refractivity contribution in [3.05, 3.63) is 54.9 Å².